The van der Waals surface area contributed by atoms with Gasteiger partial charge in [-0.25, -0.2) is 0 Å². The molecule has 2 aliphatic heterocycles. The van der Waals surface area contributed by atoms with Crippen molar-refractivity contribution in [3.63, 3.8) is 0 Å². The Kier molecular flexibility index (Phi) is 8.48. The Morgan fingerprint density at radius 2 is 1.49 bits per heavy atom. The second-order valence-electron chi connectivity index (χ2n) is 10.6. The van der Waals surface area contributed by atoms with Crippen molar-refractivity contribution in [2.45, 2.75) is 51.7 Å². The van der Waals surface area contributed by atoms with Crippen LogP contribution in [0.15, 0.2) is 48.5 Å². The first kappa shape index (κ1) is 26.7. The molecule has 1 N–H and O–H groups in total. The van der Waals surface area contributed by atoms with Gasteiger partial charge in [0.25, 0.3) is 11.8 Å². The Bertz CT molecular complexity index is 1080. The number of anilines is 1. The highest BCUT2D eigenvalue weighted by atomic mass is 16.6. The molecule has 0 unspecified atom stereocenters. The highest BCUT2D eigenvalue weighted by Crippen LogP contribution is 2.19. The SMILES string of the molecule is CC(C)(C)OC(=O)Cc1ccc(C(=O)N2CCC(NC(=O)c3ccc(N4CCOCC4)cc3)CC2)cc1. The second-order valence-corrected chi connectivity index (χ2v) is 10.6. The van der Waals surface area contributed by atoms with Gasteiger partial charge >= 0.3 is 5.97 Å². The number of nitrogens with zero attached hydrogens (tertiary/aromatic N) is 2. The summed E-state index contributed by atoms with van der Waals surface area (Å²) in [5.41, 5.74) is 2.62. The van der Waals surface area contributed by atoms with Crippen LogP contribution < -0.4 is 10.2 Å². The molecule has 0 atom stereocenters. The molecular weight excluding hydrogens is 470 g/mol. The number of carbonyl (C=O) groups excluding carboxylic acids is 3. The summed E-state index contributed by atoms with van der Waals surface area (Å²) < 4.78 is 10.8. The maximum atomic E-state index is 13.0. The van der Waals surface area contributed by atoms with Crippen molar-refractivity contribution in [1.29, 1.82) is 0 Å². The van der Waals surface area contributed by atoms with Crippen molar-refractivity contribution in [2.75, 3.05) is 44.3 Å². The normalized spacial score (nSPS) is 16.8. The van der Waals surface area contributed by atoms with Gasteiger partial charge in [-0.15, -0.1) is 0 Å². The Balaban J connectivity index is 1.23. The molecule has 2 saturated heterocycles. The first-order chi connectivity index (χ1) is 17.7. The fraction of sp³-hybridized carbons (Fsp3) is 0.483. The average molecular weight is 508 g/mol. The van der Waals surface area contributed by atoms with Gasteiger partial charge in [0.15, 0.2) is 0 Å². The molecule has 4 rings (SSSR count). The van der Waals surface area contributed by atoms with Crippen LogP contribution in [-0.4, -0.2) is 73.7 Å². The predicted octanol–water partition coefficient (Wildman–Crippen LogP) is 3.44. The molecule has 2 fully saturated rings. The third kappa shape index (κ3) is 7.55. The first-order valence-corrected chi connectivity index (χ1v) is 13.0. The summed E-state index contributed by atoms with van der Waals surface area (Å²) in [5, 5.41) is 3.12. The Morgan fingerprint density at radius 3 is 2.08 bits per heavy atom. The van der Waals surface area contributed by atoms with E-state index >= 15 is 0 Å². The fourth-order valence-corrected chi connectivity index (χ4v) is 4.63. The summed E-state index contributed by atoms with van der Waals surface area (Å²) >= 11 is 0. The first-order valence-electron chi connectivity index (χ1n) is 13.0. The van der Waals surface area contributed by atoms with Gasteiger partial charge in [-0.3, -0.25) is 14.4 Å². The molecule has 198 valence electrons. The van der Waals surface area contributed by atoms with Crippen molar-refractivity contribution in [3.05, 3.63) is 65.2 Å². The van der Waals surface area contributed by atoms with E-state index in [0.717, 1.165) is 37.6 Å². The number of carbonyl (C=O) groups is 3. The minimum atomic E-state index is -0.522. The number of rotatable bonds is 6. The lowest BCUT2D eigenvalue weighted by atomic mass is 10.0. The molecule has 0 aromatic heterocycles. The quantitative estimate of drug-likeness (QED) is 0.603. The van der Waals surface area contributed by atoms with E-state index < -0.39 is 5.60 Å². The third-order valence-electron chi connectivity index (χ3n) is 6.59. The summed E-state index contributed by atoms with van der Waals surface area (Å²) in [6.07, 6.45) is 1.59. The van der Waals surface area contributed by atoms with E-state index in [1.807, 2.05) is 49.9 Å². The zero-order valence-electron chi connectivity index (χ0n) is 22.0. The number of benzene rings is 2. The van der Waals surface area contributed by atoms with Crippen molar-refractivity contribution in [3.8, 4) is 0 Å². The molecule has 0 saturated carbocycles. The van der Waals surface area contributed by atoms with Crippen LogP contribution in [0.1, 0.15) is 59.9 Å². The number of amides is 2. The standard InChI is InChI=1S/C29H37N3O5/c1-29(2,3)37-26(33)20-21-4-6-23(7-5-21)28(35)32-14-12-24(13-15-32)30-27(34)22-8-10-25(11-9-22)31-16-18-36-19-17-31/h4-11,24H,12-20H2,1-3H3,(H,30,34). The van der Waals surface area contributed by atoms with E-state index in [2.05, 4.69) is 10.2 Å². The summed E-state index contributed by atoms with van der Waals surface area (Å²) in [4.78, 5) is 41.9. The lowest BCUT2D eigenvalue weighted by Gasteiger charge is -2.32. The molecule has 2 aromatic carbocycles. The van der Waals surface area contributed by atoms with Gasteiger partial charge in [0.2, 0.25) is 0 Å². The van der Waals surface area contributed by atoms with Crippen molar-refractivity contribution < 1.29 is 23.9 Å². The minimum Gasteiger partial charge on any atom is -0.460 e. The van der Waals surface area contributed by atoms with Crippen molar-refractivity contribution in [2.24, 2.45) is 0 Å². The number of piperidine rings is 1. The molecule has 0 spiro atoms. The smallest absolute Gasteiger partial charge is 0.310 e. The summed E-state index contributed by atoms with van der Waals surface area (Å²) in [5.74, 6) is -0.407. The number of likely N-dealkylation sites (tertiary alicyclic amines) is 1. The predicted molar refractivity (Wildman–Crippen MR) is 142 cm³/mol. The van der Waals surface area contributed by atoms with E-state index in [9.17, 15) is 14.4 Å². The van der Waals surface area contributed by atoms with Crippen LogP contribution in [0.2, 0.25) is 0 Å². The van der Waals surface area contributed by atoms with Gasteiger partial charge in [-0.2, -0.15) is 0 Å². The van der Waals surface area contributed by atoms with E-state index in [1.54, 1.807) is 24.3 Å². The van der Waals surface area contributed by atoms with Crippen LogP contribution in [0.25, 0.3) is 0 Å². The number of morpholine rings is 1. The Morgan fingerprint density at radius 1 is 0.892 bits per heavy atom. The molecule has 8 nitrogen and oxygen atoms in total. The van der Waals surface area contributed by atoms with Crippen LogP contribution in [0.5, 0.6) is 0 Å². The van der Waals surface area contributed by atoms with Gasteiger partial charge in [-0.05, 0) is 75.6 Å². The maximum absolute atomic E-state index is 13.0. The Labute approximate surface area is 218 Å². The molecule has 0 aliphatic carbocycles. The highest BCUT2D eigenvalue weighted by Gasteiger charge is 2.25. The monoisotopic (exact) mass is 507 g/mol. The maximum Gasteiger partial charge on any atom is 0.310 e. The molecule has 37 heavy (non-hydrogen) atoms. The lowest BCUT2D eigenvalue weighted by molar-refractivity contribution is -0.153. The van der Waals surface area contributed by atoms with Gasteiger partial charge in [0.05, 0.1) is 19.6 Å². The number of hydrogen-bond acceptors (Lipinski definition) is 6. The summed E-state index contributed by atoms with van der Waals surface area (Å²) in [6, 6.07) is 14.9. The van der Waals surface area contributed by atoms with Gasteiger partial charge in [0, 0.05) is 49.0 Å². The fourth-order valence-electron chi connectivity index (χ4n) is 4.63. The largest absolute Gasteiger partial charge is 0.460 e. The Hall–Kier alpha value is -3.39. The van der Waals surface area contributed by atoms with Crippen LogP contribution in [-0.2, 0) is 20.7 Å². The molecular formula is C29H37N3O5. The summed E-state index contributed by atoms with van der Waals surface area (Å²) in [6.45, 7) is 9.85. The van der Waals surface area contributed by atoms with E-state index in [4.69, 9.17) is 9.47 Å². The molecule has 0 radical (unpaired) electrons. The third-order valence-corrected chi connectivity index (χ3v) is 6.59. The topological polar surface area (TPSA) is 88.2 Å². The molecule has 2 amide bonds. The van der Waals surface area contributed by atoms with Crippen LogP contribution in [0.3, 0.4) is 0 Å². The van der Waals surface area contributed by atoms with Gasteiger partial charge < -0.3 is 24.6 Å². The molecule has 0 bridgehead atoms. The van der Waals surface area contributed by atoms with E-state index in [0.29, 0.717) is 37.1 Å². The van der Waals surface area contributed by atoms with Crippen LogP contribution >= 0.6 is 0 Å². The number of esters is 1. The van der Waals surface area contributed by atoms with Crippen molar-refractivity contribution >= 4 is 23.5 Å². The van der Waals surface area contributed by atoms with Crippen molar-refractivity contribution in [1.82, 2.24) is 10.2 Å². The zero-order valence-corrected chi connectivity index (χ0v) is 22.0. The molecule has 8 heteroatoms. The lowest BCUT2D eigenvalue weighted by Crippen LogP contribution is -2.46. The molecule has 2 aliphatic rings. The van der Waals surface area contributed by atoms with E-state index in [-0.39, 0.29) is 30.2 Å². The number of nitrogens with one attached hydrogen (secondary N) is 1. The van der Waals surface area contributed by atoms with Crippen LogP contribution in [0.4, 0.5) is 5.69 Å². The van der Waals surface area contributed by atoms with E-state index in [1.165, 1.54) is 0 Å². The van der Waals surface area contributed by atoms with Gasteiger partial charge in [-0.1, -0.05) is 12.1 Å². The molecule has 2 aromatic rings. The zero-order chi connectivity index (χ0) is 26.4. The minimum absolute atomic E-state index is 0.0340. The average Bonchev–Trinajstić information content (AvgIpc) is 2.88. The van der Waals surface area contributed by atoms with Gasteiger partial charge in [0.1, 0.15) is 5.60 Å². The number of hydrogen-bond donors (Lipinski definition) is 1. The highest BCUT2D eigenvalue weighted by molar-refractivity contribution is 5.95. The second kappa shape index (κ2) is 11.8. The van der Waals surface area contributed by atoms with Crippen LogP contribution in [0, 0.1) is 0 Å². The summed E-state index contributed by atoms with van der Waals surface area (Å²) in [7, 11) is 0. The number of ether oxygens (including phenoxy) is 2. The molecule has 2 heterocycles.